The van der Waals surface area contributed by atoms with Crippen molar-refractivity contribution in [3.8, 4) is 5.69 Å². The highest BCUT2D eigenvalue weighted by Crippen LogP contribution is 2.20. The van der Waals surface area contributed by atoms with Gasteiger partial charge < -0.3 is 5.32 Å². The number of hydrogen-bond donors (Lipinski definition) is 1. The summed E-state index contributed by atoms with van der Waals surface area (Å²) in [5.74, 6) is 0.206. The first-order chi connectivity index (χ1) is 11.0. The van der Waals surface area contributed by atoms with Crippen LogP contribution in [0.2, 0.25) is 0 Å². The predicted molar refractivity (Wildman–Crippen MR) is 87.5 cm³/mol. The van der Waals surface area contributed by atoms with Crippen LogP contribution in [0.4, 0.5) is 11.5 Å². The molecule has 0 unspecified atom stereocenters. The molecule has 2 aromatic rings. The standard InChI is InChI=1S/C16H16N4O3/c1-3-4-5-6-16(21)17-15-11-12(2)18-19(15)13-7-9-14(10-8-13)20(22)23/h3-11H,1-2H3,(H,17,21)/b4-3+,6-5+. The van der Waals surface area contributed by atoms with Gasteiger partial charge >= 0.3 is 0 Å². The molecule has 7 nitrogen and oxygen atoms in total. The average Bonchev–Trinajstić information content (AvgIpc) is 2.88. The molecular formula is C16H16N4O3. The van der Waals surface area contributed by atoms with Crippen LogP contribution in [0, 0.1) is 17.0 Å². The third kappa shape index (κ3) is 4.13. The molecule has 2 rings (SSSR count). The fourth-order valence-corrected chi connectivity index (χ4v) is 1.92. The van der Waals surface area contributed by atoms with Crippen LogP contribution in [-0.4, -0.2) is 20.6 Å². The molecule has 0 fully saturated rings. The molecule has 1 aromatic carbocycles. The molecule has 1 amide bonds. The fourth-order valence-electron chi connectivity index (χ4n) is 1.92. The van der Waals surface area contributed by atoms with Crippen LogP contribution in [-0.2, 0) is 4.79 Å². The lowest BCUT2D eigenvalue weighted by atomic mass is 10.3. The number of non-ortho nitro benzene ring substituents is 1. The number of hydrogen-bond acceptors (Lipinski definition) is 4. The monoisotopic (exact) mass is 312 g/mol. The Bertz CT molecular complexity index is 773. The number of carbonyl (C=O) groups excluding carboxylic acids is 1. The summed E-state index contributed by atoms with van der Waals surface area (Å²) in [7, 11) is 0. The third-order valence-electron chi connectivity index (χ3n) is 2.94. The van der Waals surface area contributed by atoms with Crippen molar-refractivity contribution in [2.45, 2.75) is 13.8 Å². The summed E-state index contributed by atoms with van der Waals surface area (Å²) in [6, 6.07) is 7.67. The number of allylic oxidation sites excluding steroid dienone is 3. The van der Waals surface area contributed by atoms with E-state index in [1.54, 1.807) is 37.3 Å². The third-order valence-corrected chi connectivity index (χ3v) is 2.94. The molecule has 1 N–H and O–H groups in total. The van der Waals surface area contributed by atoms with Gasteiger partial charge in [-0.3, -0.25) is 14.9 Å². The Morgan fingerprint density at radius 3 is 2.61 bits per heavy atom. The average molecular weight is 312 g/mol. The fraction of sp³-hybridized carbons (Fsp3) is 0.125. The first-order valence-corrected chi connectivity index (χ1v) is 6.93. The van der Waals surface area contributed by atoms with Crippen LogP contribution in [0.3, 0.4) is 0 Å². The van der Waals surface area contributed by atoms with E-state index in [1.165, 1.54) is 22.9 Å². The minimum Gasteiger partial charge on any atom is -0.307 e. The smallest absolute Gasteiger partial charge is 0.269 e. The Kier molecular flexibility index (Phi) is 5.03. The Morgan fingerprint density at radius 2 is 2.00 bits per heavy atom. The van der Waals surface area contributed by atoms with Crippen molar-refractivity contribution in [3.63, 3.8) is 0 Å². The molecule has 0 radical (unpaired) electrons. The van der Waals surface area contributed by atoms with Gasteiger partial charge in [0.15, 0.2) is 0 Å². The van der Waals surface area contributed by atoms with Gasteiger partial charge in [0.05, 0.1) is 16.3 Å². The second-order valence-corrected chi connectivity index (χ2v) is 4.73. The van der Waals surface area contributed by atoms with Crippen LogP contribution in [0.25, 0.3) is 5.69 Å². The van der Waals surface area contributed by atoms with Gasteiger partial charge in [-0.05, 0) is 26.0 Å². The molecule has 0 aliphatic heterocycles. The summed E-state index contributed by atoms with van der Waals surface area (Å²) in [5.41, 5.74) is 1.34. The highest BCUT2D eigenvalue weighted by molar-refractivity contribution is 5.99. The lowest BCUT2D eigenvalue weighted by Gasteiger charge is -2.07. The van der Waals surface area contributed by atoms with Crippen molar-refractivity contribution < 1.29 is 9.72 Å². The van der Waals surface area contributed by atoms with Crippen molar-refractivity contribution in [1.29, 1.82) is 0 Å². The number of aromatic nitrogens is 2. The van der Waals surface area contributed by atoms with E-state index >= 15 is 0 Å². The topological polar surface area (TPSA) is 90.1 Å². The van der Waals surface area contributed by atoms with E-state index in [1.807, 2.05) is 13.0 Å². The Morgan fingerprint density at radius 1 is 1.30 bits per heavy atom. The van der Waals surface area contributed by atoms with Gasteiger partial charge in [-0.25, -0.2) is 4.68 Å². The number of benzene rings is 1. The molecule has 1 aromatic heterocycles. The van der Waals surface area contributed by atoms with E-state index in [0.717, 1.165) is 5.69 Å². The van der Waals surface area contributed by atoms with E-state index in [9.17, 15) is 14.9 Å². The van der Waals surface area contributed by atoms with Gasteiger partial charge in [-0.1, -0.05) is 18.2 Å². The Balaban J connectivity index is 2.26. The van der Waals surface area contributed by atoms with Crippen LogP contribution >= 0.6 is 0 Å². The van der Waals surface area contributed by atoms with E-state index in [2.05, 4.69) is 10.4 Å². The van der Waals surface area contributed by atoms with E-state index in [4.69, 9.17) is 0 Å². The maximum atomic E-state index is 11.9. The van der Waals surface area contributed by atoms with Crippen molar-refractivity contribution in [1.82, 2.24) is 9.78 Å². The number of carbonyl (C=O) groups is 1. The maximum absolute atomic E-state index is 11.9. The van der Waals surface area contributed by atoms with Gasteiger partial charge in [0, 0.05) is 24.3 Å². The molecule has 0 atom stereocenters. The van der Waals surface area contributed by atoms with Gasteiger partial charge in [0.1, 0.15) is 5.82 Å². The van der Waals surface area contributed by atoms with E-state index in [-0.39, 0.29) is 11.6 Å². The number of aryl methyl sites for hydroxylation is 1. The summed E-state index contributed by atoms with van der Waals surface area (Å²) in [4.78, 5) is 22.1. The summed E-state index contributed by atoms with van der Waals surface area (Å²) >= 11 is 0. The molecule has 0 saturated carbocycles. The zero-order chi connectivity index (χ0) is 16.8. The van der Waals surface area contributed by atoms with Crippen LogP contribution in [0.15, 0.2) is 54.6 Å². The van der Waals surface area contributed by atoms with Crippen LogP contribution in [0.5, 0.6) is 0 Å². The second-order valence-electron chi connectivity index (χ2n) is 4.73. The molecule has 118 valence electrons. The van der Waals surface area contributed by atoms with Crippen molar-refractivity contribution in [2.24, 2.45) is 0 Å². The lowest BCUT2D eigenvalue weighted by molar-refractivity contribution is -0.384. The number of anilines is 1. The zero-order valence-electron chi connectivity index (χ0n) is 12.8. The Hall–Kier alpha value is -3.22. The summed E-state index contributed by atoms with van der Waals surface area (Å²) in [6.07, 6.45) is 6.60. The first-order valence-electron chi connectivity index (χ1n) is 6.93. The predicted octanol–water partition coefficient (Wildman–Crippen LogP) is 3.16. The SMILES string of the molecule is C/C=C/C=C/C(=O)Nc1cc(C)nn1-c1ccc([N+](=O)[O-])cc1. The number of nitrogens with zero attached hydrogens (tertiary/aromatic N) is 3. The molecule has 0 bridgehead atoms. The van der Waals surface area contributed by atoms with Crippen LogP contribution < -0.4 is 5.32 Å². The molecule has 0 aliphatic rings. The lowest BCUT2D eigenvalue weighted by Crippen LogP contribution is -2.12. The minimum absolute atomic E-state index is 0.00232. The molecule has 0 saturated heterocycles. The minimum atomic E-state index is -0.465. The van der Waals surface area contributed by atoms with Gasteiger partial charge in [-0.2, -0.15) is 5.10 Å². The van der Waals surface area contributed by atoms with Crippen LogP contribution in [0.1, 0.15) is 12.6 Å². The van der Waals surface area contributed by atoms with Gasteiger partial charge in [0.2, 0.25) is 5.91 Å². The highest BCUT2D eigenvalue weighted by Gasteiger charge is 2.11. The number of nitro groups is 1. The van der Waals surface area contributed by atoms with Crippen molar-refractivity contribution >= 4 is 17.4 Å². The number of nitrogens with one attached hydrogen (secondary N) is 1. The molecule has 23 heavy (non-hydrogen) atoms. The molecular weight excluding hydrogens is 296 g/mol. The van der Waals surface area contributed by atoms with Gasteiger partial charge in [0.25, 0.3) is 5.69 Å². The first kappa shape index (κ1) is 16.2. The second kappa shape index (κ2) is 7.17. The quantitative estimate of drug-likeness (QED) is 0.397. The number of rotatable bonds is 5. The van der Waals surface area contributed by atoms with Gasteiger partial charge in [-0.15, -0.1) is 0 Å². The molecule has 1 heterocycles. The molecule has 0 spiro atoms. The highest BCUT2D eigenvalue weighted by atomic mass is 16.6. The largest absolute Gasteiger partial charge is 0.307 e. The summed E-state index contributed by atoms with van der Waals surface area (Å²) in [5, 5.41) is 17.7. The summed E-state index contributed by atoms with van der Waals surface area (Å²) < 4.78 is 1.53. The van der Waals surface area contributed by atoms with Crippen molar-refractivity contribution in [3.05, 3.63) is 70.4 Å². The molecule has 7 heteroatoms. The maximum Gasteiger partial charge on any atom is 0.269 e. The summed E-state index contributed by atoms with van der Waals surface area (Å²) in [6.45, 7) is 3.66. The Labute approximate surface area is 133 Å². The molecule has 0 aliphatic carbocycles. The van der Waals surface area contributed by atoms with Crippen molar-refractivity contribution in [2.75, 3.05) is 5.32 Å². The normalized spacial score (nSPS) is 11.2. The number of amides is 1. The zero-order valence-corrected chi connectivity index (χ0v) is 12.8. The van der Waals surface area contributed by atoms with E-state index in [0.29, 0.717) is 11.5 Å². The number of nitro benzene ring substituents is 1. The van der Waals surface area contributed by atoms with E-state index < -0.39 is 4.92 Å².